The van der Waals surface area contributed by atoms with Gasteiger partial charge in [-0.25, -0.2) is 0 Å². The van der Waals surface area contributed by atoms with Crippen LogP contribution in [-0.4, -0.2) is 0 Å². The molecule has 3 aliphatic rings. The van der Waals surface area contributed by atoms with Crippen molar-refractivity contribution in [2.75, 3.05) is 9.80 Å². The molecule has 0 radical (unpaired) electrons. The third kappa shape index (κ3) is 7.78. The highest BCUT2D eigenvalue weighted by Crippen LogP contribution is 2.65. The summed E-state index contributed by atoms with van der Waals surface area (Å²) in [6.07, 6.45) is 0. The number of benzene rings is 15. The standard InChI is InChI=1S/C90H60N2O/c1-57-35-40-65(41-36-57)89(66-42-37-58(2)38-43-66)80-31-14-12-29-74(80)77-53-69(45-47-83(77)89)92(70-46-48-84-78(54-70)76-51-63-23-8-9-24-64(63)52-85(76)90(84)81-32-15-10-27-72(81)73-28-11-16-33-82(73)90)86-56-71(55-79-75-30-13-17-34-87(75)93-88(79)86)91(68-44-39-60-21-6-7-22-61(60)50-68)67-26-18-25-62(49-67)59-19-4-3-5-20-59/h3-56H,1-2H3. The zero-order valence-corrected chi connectivity index (χ0v) is 51.5. The van der Waals surface area contributed by atoms with Gasteiger partial charge in [0.15, 0.2) is 5.58 Å². The minimum Gasteiger partial charge on any atom is -0.454 e. The molecule has 1 heterocycles. The molecule has 3 heteroatoms. The quantitative estimate of drug-likeness (QED) is 0.144. The van der Waals surface area contributed by atoms with Crippen molar-refractivity contribution in [1.29, 1.82) is 0 Å². The molecule has 0 N–H and O–H groups in total. The Balaban J connectivity index is 0.918. The molecular formula is C90H60N2O. The topological polar surface area (TPSA) is 19.6 Å². The largest absolute Gasteiger partial charge is 0.454 e. The molecular weight excluding hydrogens is 1130 g/mol. The van der Waals surface area contributed by atoms with Gasteiger partial charge in [-0.15, -0.1) is 0 Å². The fourth-order valence-electron chi connectivity index (χ4n) is 16.5. The van der Waals surface area contributed by atoms with Crippen molar-refractivity contribution in [2.24, 2.45) is 0 Å². The Morgan fingerprint density at radius 1 is 0.258 bits per heavy atom. The van der Waals surface area contributed by atoms with Gasteiger partial charge >= 0.3 is 0 Å². The molecule has 3 aliphatic carbocycles. The summed E-state index contributed by atoms with van der Waals surface area (Å²) in [6.45, 7) is 4.36. The van der Waals surface area contributed by atoms with Crippen LogP contribution < -0.4 is 9.80 Å². The number of hydrogen-bond acceptors (Lipinski definition) is 3. The average Bonchev–Trinajstić information content (AvgIpc) is 1.51. The molecule has 0 amide bonds. The average molecular weight is 1190 g/mol. The minimum atomic E-state index is -0.598. The molecule has 0 unspecified atom stereocenters. The molecule has 0 fully saturated rings. The Morgan fingerprint density at radius 2 is 0.731 bits per heavy atom. The zero-order valence-electron chi connectivity index (χ0n) is 51.5. The molecule has 16 aromatic rings. The summed E-state index contributed by atoms with van der Waals surface area (Å²) < 4.78 is 7.40. The maximum absolute atomic E-state index is 7.40. The molecule has 1 spiro atoms. The van der Waals surface area contributed by atoms with E-state index >= 15 is 0 Å². The first-order valence-corrected chi connectivity index (χ1v) is 32.4. The first-order chi connectivity index (χ1) is 45.9. The highest BCUT2D eigenvalue weighted by Gasteiger charge is 2.52. The van der Waals surface area contributed by atoms with E-state index in [4.69, 9.17) is 4.42 Å². The molecule has 3 nitrogen and oxygen atoms in total. The van der Waals surface area contributed by atoms with Gasteiger partial charge < -0.3 is 14.2 Å². The normalized spacial score (nSPS) is 13.4. The molecule has 93 heavy (non-hydrogen) atoms. The van der Waals surface area contributed by atoms with Crippen LogP contribution >= 0.6 is 0 Å². The van der Waals surface area contributed by atoms with Crippen LogP contribution in [0.1, 0.15) is 55.6 Å². The van der Waals surface area contributed by atoms with E-state index in [-0.39, 0.29) is 0 Å². The predicted molar refractivity (Wildman–Crippen MR) is 387 cm³/mol. The van der Waals surface area contributed by atoms with Gasteiger partial charge in [0.2, 0.25) is 0 Å². The van der Waals surface area contributed by atoms with E-state index in [1.807, 2.05) is 0 Å². The van der Waals surface area contributed by atoms with Gasteiger partial charge in [-0.1, -0.05) is 260 Å². The predicted octanol–water partition coefficient (Wildman–Crippen LogP) is 23.8. The van der Waals surface area contributed by atoms with Crippen LogP contribution in [-0.2, 0) is 10.8 Å². The fraction of sp³-hybridized carbons (Fsp3) is 0.0444. The third-order valence-corrected chi connectivity index (χ3v) is 20.6. The van der Waals surface area contributed by atoms with Crippen molar-refractivity contribution in [3.8, 4) is 44.5 Å². The van der Waals surface area contributed by atoms with E-state index in [0.717, 1.165) is 72.6 Å². The third-order valence-electron chi connectivity index (χ3n) is 20.6. The number of anilines is 6. The van der Waals surface area contributed by atoms with Crippen LogP contribution in [0.15, 0.2) is 332 Å². The lowest BCUT2D eigenvalue weighted by molar-refractivity contribution is 0.669. The fourth-order valence-corrected chi connectivity index (χ4v) is 16.5. The van der Waals surface area contributed by atoms with E-state index in [0.29, 0.717) is 0 Å². The summed E-state index contributed by atoms with van der Waals surface area (Å²) in [5.41, 5.74) is 28.9. The number of furan rings is 1. The summed E-state index contributed by atoms with van der Waals surface area (Å²) in [5, 5.41) is 6.86. The number of nitrogens with zero attached hydrogens (tertiary/aromatic N) is 2. The van der Waals surface area contributed by atoms with Crippen LogP contribution in [0, 0.1) is 13.8 Å². The molecule has 0 saturated heterocycles. The Kier molecular flexibility index (Phi) is 11.6. The number of hydrogen-bond donors (Lipinski definition) is 0. The first kappa shape index (κ1) is 53.1. The van der Waals surface area contributed by atoms with Gasteiger partial charge in [0.25, 0.3) is 0 Å². The van der Waals surface area contributed by atoms with Gasteiger partial charge in [0.05, 0.1) is 16.5 Å². The van der Waals surface area contributed by atoms with Crippen molar-refractivity contribution in [3.05, 3.63) is 383 Å². The van der Waals surface area contributed by atoms with Crippen molar-refractivity contribution in [3.63, 3.8) is 0 Å². The van der Waals surface area contributed by atoms with Crippen molar-refractivity contribution >= 4 is 77.6 Å². The SMILES string of the molecule is Cc1ccc(C2(c3ccc(C)cc3)c3ccccc3-c3cc(N(c4ccc5c(c4)-c4cc6ccccc6cc4C54c5ccccc5-c5ccccc54)c4cc(N(c5cccc(-c6ccccc6)c5)c5ccc6ccccc6c5)cc5c4oc4ccccc45)ccc32)cc1. The summed E-state index contributed by atoms with van der Waals surface area (Å²) >= 11 is 0. The molecule has 0 atom stereocenters. The van der Waals surface area contributed by atoms with E-state index in [1.54, 1.807) is 0 Å². The Morgan fingerprint density at radius 3 is 1.40 bits per heavy atom. The highest BCUT2D eigenvalue weighted by atomic mass is 16.3. The van der Waals surface area contributed by atoms with Crippen LogP contribution in [0.2, 0.25) is 0 Å². The maximum Gasteiger partial charge on any atom is 0.159 e. The first-order valence-electron chi connectivity index (χ1n) is 32.4. The lowest BCUT2D eigenvalue weighted by Gasteiger charge is -2.34. The van der Waals surface area contributed by atoms with Crippen LogP contribution in [0.3, 0.4) is 0 Å². The minimum absolute atomic E-state index is 0.557. The molecule has 15 aromatic carbocycles. The molecule has 436 valence electrons. The van der Waals surface area contributed by atoms with Gasteiger partial charge in [-0.05, 0) is 203 Å². The summed E-state index contributed by atoms with van der Waals surface area (Å²) in [5.74, 6) is 0. The number of para-hydroxylation sites is 1. The van der Waals surface area contributed by atoms with E-state index < -0.39 is 10.8 Å². The van der Waals surface area contributed by atoms with E-state index in [9.17, 15) is 0 Å². The second kappa shape index (κ2) is 20.4. The highest BCUT2D eigenvalue weighted by molar-refractivity contribution is 6.13. The second-order valence-corrected chi connectivity index (χ2v) is 25.6. The van der Waals surface area contributed by atoms with E-state index in [1.165, 1.54) is 105 Å². The van der Waals surface area contributed by atoms with Gasteiger partial charge in [-0.3, -0.25) is 0 Å². The summed E-state index contributed by atoms with van der Waals surface area (Å²) in [7, 11) is 0. The molecule has 0 saturated carbocycles. The monoisotopic (exact) mass is 1180 g/mol. The number of fused-ring (bicyclic) bond motifs is 18. The molecule has 19 rings (SSSR count). The molecule has 0 aliphatic heterocycles. The molecule has 1 aromatic heterocycles. The number of rotatable bonds is 9. The van der Waals surface area contributed by atoms with Gasteiger partial charge in [0.1, 0.15) is 5.58 Å². The zero-order chi connectivity index (χ0) is 61.5. The number of aryl methyl sites for hydroxylation is 2. The van der Waals surface area contributed by atoms with Crippen molar-refractivity contribution in [1.82, 2.24) is 0 Å². The molecule has 0 bridgehead atoms. The maximum atomic E-state index is 7.40. The van der Waals surface area contributed by atoms with Crippen molar-refractivity contribution in [2.45, 2.75) is 24.7 Å². The van der Waals surface area contributed by atoms with Crippen LogP contribution in [0.25, 0.3) is 88.0 Å². The van der Waals surface area contributed by atoms with Crippen molar-refractivity contribution < 1.29 is 4.42 Å². The smallest absolute Gasteiger partial charge is 0.159 e. The second-order valence-electron chi connectivity index (χ2n) is 25.6. The van der Waals surface area contributed by atoms with Gasteiger partial charge in [-0.2, -0.15) is 0 Å². The summed E-state index contributed by atoms with van der Waals surface area (Å²) in [4.78, 5) is 4.96. The lowest BCUT2D eigenvalue weighted by Crippen LogP contribution is -2.28. The Bertz CT molecular complexity index is 5650. The Hall–Kier alpha value is -11.8. The van der Waals surface area contributed by atoms with Gasteiger partial charge in [0, 0.05) is 39.2 Å². The van der Waals surface area contributed by atoms with Crippen LogP contribution in [0.5, 0.6) is 0 Å². The lowest BCUT2D eigenvalue weighted by atomic mass is 9.67. The summed E-state index contributed by atoms with van der Waals surface area (Å²) in [6, 6.07) is 123. The van der Waals surface area contributed by atoms with Crippen LogP contribution in [0.4, 0.5) is 34.1 Å². The Labute approximate surface area is 541 Å². The van der Waals surface area contributed by atoms with E-state index in [2.05, 4.69) is 351 Å².